The van der Waals surface area contributed by atoms with Gasteiger partial charge in [-0.2, -0.15) is 0 Å². The molecule has 3 aromatic heterocycles. The van der Waals surface area contributed by atoms with Crippen molar-refractivity contribution in [2.75, 3.05) is 28.4 Å². The summed E-state index contributed by atoms with van der Waals surface area (Å²) in [5.74, 6) is 0.994. The molecule has 0 radical (unpaired) electrons. The van der Waals surface area contributed by atoms with Crippen LogP contribution in [-0.2, 0) is 0 Å². The molecule has 0 atom stereocenters. The molecule has 0 saturated heterocycles. The van der Waals surface area contributed by atoms with Crippen LogP contribution in [0.3, 0.4) is 0 Å². The third kappa shape index (κ3) is 4.11. The average molecular weight is 595 g/mol. The molecule has 8 aromatic rings. The zero-order valence-corrected chi connectivity index (χ0v) is 25.3. The number of benzene rings is 5. The third-order valence-corrected chi connectivity index (χ3v) is 8.95. The SMILES string of the molecule is CN1CN(c2cccc(N(c3ccccc3)c3ccc4c5ccccc5n5c(-c6ccccc6)cnc5c4c3)c2)c2cccnc21. The molecule has 0 unspecified atom stereocenters. The molecule has 9 rings (SSSR count). The summed E-state index contributed by atoms with van der Waals surface area (Å²) in [6, 6.07) is 49.4. The molecule has 220 valence electrons. The first-order chi connectivity index (χ1) is 22.7. The normalized spacial score (nSPS) is 12.7. The van der Waals surface area contributed by atoms with E-state index in [4.69, 9.17) is 4.98 Å². The van der Waals surface area contributed by atoms with Gasteiger partial charge in [0.05, 0.1) is 29.8 Å². The van der Waals surface area contributed by atoms with Crippen molar-refractivity contribution in [3.05, 3.63) is 152 Å². The van der Waals surface area contributed by atoms with Gasteiger partial charge in [-0.25, -0.2) is 9.97 Å². The molecule has 0 aliphatic carbocycles. The highest BCUT2D eigenvalue weighted by atomic mass is 15.4. The van der Waals surface area contributed by atoms with E-state index in [1.54, 1.807) is 0 Å². The Morgan fingerprint density at radius 2 is 1.37 bits per heavy atom. The summed E-state index contributed by atoms with van der Waals surface area (Å²) in [5, 5.41) is 3.49. The molecule has 5 aromatic carbocycles. The zero-order chi connectivity index (χ0) is 30.6. The van der Waals surface area contributed by atoms with Gasteiger partial charge in [0.15, 0.2) is 5.82 Å². The molecular formula is C40H30N6. The van der Waals surface area contributed by atoms with Crippen molar-refractivity contribution in [1.29, 1.82) is 0 Å². The number of nitrogens with zero attached hydrogens (tertiary/aromatic N) is 6. The summed E-state index contributed by atoms with van der Waals surface area (Å²) >= 11 is 0. The minimum Gasteiger partial charge on any atom is -0.340 e. The molecule has 6 heteroatoms. The maximum absolute atomic E-state index is 5.04. The molecule has 0 bridgehead atoms. The van der Waals surface area contributed by atoms with Crippen LogP contribution in [0.4, 0.5) is 34.3 Å². The Labute approximate surface area is 267 Å². The van der Waals surface area contributed by atoms with Crippen molar-refractivity contribution < 1.29 is 0 Å². The molecular weight excluding hydrogens is 564 g/mol. The lowest BCUT2D eigenvalue weighted by atomic mass is 10.0. The van der Waals surface area contributed by atoms with Crippen LogP contribution in [0.25, 0.3) is 38.6 Å². The molecule has 0 fully saturated rings. The predicted octanol–water partition coefficient (Wildman–Crippen LogP) is 9.72. The van der Waals surface area contributed by atoms with E-state index < -0.39 is 0 Å². The highest BCUT2D eigenvalue weighted by Crippen LogP contribution is 2.43. The number of imidazole rings is 1. The maximum Gasteiger partial charge on any atom is 0.153 e. The van der Waals surface area contributed by atoms with Crippen molar-refractivity contribution in [1.82, 2.24) is 14.4 Å². The Morgan fingerprint density at radius 3 is 2.24 bits per heavy atom. The number of pyridine rings is 2. The molecule has 0 N–H and O–H groups in total. The van der Waals surface area contributed by atoms with Gasteiger partial charge in [0.2, 0.25) is 0 Å². The van der Waals surface area contributed by atoms with Gasteiger partial charge in [0.1, 0.15) is 5.65 Å². The van der Waals surface area contributed by atoms with Crippen LogP contribution in [-0.4, -0.2) is 28.1 Å². The second-order valence-electron chi connectivity index (χ2n) is 11.7. The molecule has 1 aliphatic heterocycles. The van der Waals surface area contributed by atoms with Crippen LogP contribution in [0, 0.1) is 0 Å². The van der Waals surface area contributed by atoms with E-state index >= 15 is 0 Å². The lowest BCUT2D eigenvalue weighted by Crippen LogP contribution is -2.24. The monoisotopic (exact) mass is 594 g/mol. The molecule has 0 saturated carbocycles. The zero-order valence-electron chi connectivity index (χ0n) is 25.3. The smallest absolute Gasteiger partial charge is 0.153 e. The Kier molecular flexibility index (Phi) is 5.99. The highest BCUT2D eigenvalue weighted by Gasteiger charge is 2.26. The predicted molar refractivity (Wildman–Crippen MR) is 190 cm³/mol. The minimum atomic E-state index is 0.742. The topological polar surface area (TPSA) is 39.9 Å². The molecule has 4 heterocycles. The van der Waals surface area contributed by atoms with Gasteiger partial charge in [-0.1, -0.05) is 78.9 Å². The number of anilines is 6. The Morgan fingerprint density at radius 1 is 0.609 bits per heavy atom. The van der Waals surface area contributed by atoms with Crippen LogP contribution in [0.1, 0.15) is 0 Å². The van der Waals surface area contributed by atoms with Crippen molar-refractivity contribution >= 4 is 61.6 Å². The average Bonchev–Trinajstić information content (AvgIpc) is 3.72. The number of fused-ring (bicyclic) bond motifs is 7. The van der Waals surface area contributed by atoms with E-state index in [0.717, 1.165) is 68.7 Å². The van der Waals surface area contributed by atoms with Crippen LogP contribution in [0.15, 0.2) is 152 Å². The first kappa shape index (κ1) is 26.3. The number of rotatable bonds is 5. The van der Waals surface area contributed by atoms with Gasteiger partial charge in [0, 0.05) is 52.3 Å². The third-order valence-electron chi connectivity index (χ3n) is 8.95. The lowest BCUT2D eigenvalue weighted by molar-refractivity contribution is 0.938. The number of hydrogen-bond acceptors (Lipinski definition) is 5. The largest absolute Gasteiger partial charge is 0.340 e. The Balaban J connectivity index is 1.25. The van der Waals surface area contributed by atoms with E-state index in [0.29, 0.717) is 0 Å². The van der Waals surface area contributed by atoms with Crippen molar-refractivity contribution in [2.45, 2.75) is 0 Å². The van der Waals surface area contributed by atoms with E-state index in [9.17, 15) is 0 Å². The van der Waals surface area contributed by atoms with Crippen LogP contribution in [0.2, 0.25) is 0 Å². The second kappa shape index (κ2) is 10.5. The van der Waals surface area contributed by atoms with Gasteiger partial charge < -0.3 is 14.7 Å². The van der Waals surface area contributed by atoms with E-state index in [-0.39, 0.29) is 0 Å². The van der Waals surface area contributed by atoms with Gasteiger partial charge >= 0.3 is 0 Å². The summed E-state index contributed by atoms with van der Waals surface area (Å²) in [4.78, 5) is 16.5. The summed E-state index contributed by atoms with van der Waals surface area (Å²) < 4.78 is 2.31. The summed E-state index contributed by atoms with van der Waals surface area (Å²) in [7, 11) is 2.09. The molecule has 6 nitrogen and oxygen atoms in total. The summed E-state index contributed by atoms with van der Waals surface area (Å²) in [6.07, 6.45) is 3.86. The van der Waals surface area contributed by atoms with Crippen LogP contribution in [0.5, 0.6) is 0 Å². The Hall–Kier alpha value is -6.14. The van der Waals surface area contributed by atoms with Crippen molar-refractivity contribution in [2.24, 2.45) is 0 Å². The quantitative estimate of drug-likeness (QED) is 0.186. The lowest BCUT2D eigenvalue weighted by Gasteiger charge is -2.28. The van der Waals surface area contributed by atoms with Crippen LogP contribution < -0.4 is 14.7 Å². The fraction of sp³-hybridized carbons (Fsp3) is 0.0500. The number of hydrogen-bond donors (Lipinski definition) is 0. The van der Waals surface area contributed by atoms with E-state index in [1.807, 2.05) is 18.5 Å². The van der Waals surface area contributed by atoms with Gasteiger partial charge in [0.25, 0.3) is 0 Å². The van der Waals surface area contributed by atoms with Crippen LogP contribution >= 0.6 is 0 Å². The molecule has 1 aliphatic rings. The van der Waals surface area contributed by atoms with E-state index in [2.05, 4.69) is 165 Å². The van der Waals surface area contributed by atoms with Gasteiger partial charge in [-0.15, -0.1) is 0 Å². The molecule has 0 amide bonds. The highest BCUT2D eigenvalue weighted by molar-refractivity contribution is 6.13. The first-order valence-corrected chi connectivity index (χ1v) is 15.5. The standard InChI is InChI=1S/C40H30N6/c1-43-27-44(37-20-11-23-41-40(37)43)30-16-10-17-31(24-30)45(29-14-6-3-7-15-29)32-21-22-33-34-18-8-9-19-36(34)46-38(28-12-4-2-5-13-28)26-42-39(46)35(33)25-32/h2-26H,27H2,1H3. The maximum atomic E-state index is 5.04. The number of aromatic nitrogens is 3. The fourth-order valence-electron chi connectivity index (χ4n) is 6.88. The van der Waals surface area contributed by atoms with Gasteiger partial charge in [-0.05, 0) is 66.0 Å². The van der Waals surface area contributed by atoms with Crippen molar-refractivity contribution in [3.8, 4) is 11.3 Å². The molecule has 46 heavy (non-hydrogen) atoms. The second-order valence-corrected chi connectivity index (χ2v) is 11.7. The first-order valence-electron chi connectivity index (χ1n) is 15.5. The van der Waals surface area contributed by atoms with Crippen molar-refractivity contribution in [3.63, 3.8) is 0 Å². The minimum absolute atomic E-state index is 0.742. The van der Waals surface area contributed by atoms with Gasteiger partial charge in [-0.3, -0.25) is 4.40 Å². The molecule has 0 spiro atoms. The number of para-hydroxylation sites is 2. The summed E-state index contributed by atoms with van der Waals surface area (Å²) in [5.41, 5.74) is 9.77. The van der Waals surface area contributed by atoms with E-state index in [1.165, 1.54) is 10.8 Å². The Bertz CT molecular complexity index is 2380. The summed E-state index contributed by atoms with van der Waals surface area (Å²) in [6.45, 7) is 0.742. The fourth-order valence-corrected chi connectivity index (χ4v) is 6.88.